The summed E-state index contributed by atoms with van der Waals surface area (Å²) >= 11 is 0. The van der Waals surface area contributed by atoms with Gasteiger partial charge in [0.2, 0.25) is 0 Å². The Bertz CT molecular complexity index is 702. The van der Waals surface area contributed by atoms with Gasteiger partial charge < -0.3 is 20.8 Å². The second-order valence-corrected chi connectivity index (χ2v) is 6.03. The average molecular weight is 402 g/mol. The van der Waals surface area contributed by atoms with Crippen molar-refractivity contribution in [2.24, 2.45) is 0 Å². The summed E-state index contributed by atoms with van der Waals surface area (Å²) in [5.41, 5.74) is 13.4. The van der Waals surface area contributed by atoms with Crippen molar-refractivity contribution >= 4 is 23.4 Å². The Morgan fingerprint density at radius 2 is 1.03 bits per heavy atom. The van der Waals surface area contributed by atoms with Gasteiger partial charge in [0.05, 0.1) is 13.2 Å². The van der Waals surface area contributed by atoms with Crippen LogP contribution in [-0.4, -0.2) is 48.6 Å². The van der Waals surface area contributed by atoms with Gasteiger partial charge in [0, 0.05) is 24.5 Å². The number of amides is 4. The number of hydrogen-bond acceptors (Lipinski definition) is 6. The van der Waals surface area contributed by atoms with E-state index in [0.717, 1.165) is 11.1 Å². The molecule has 10 heteroatoms. The number of hydrogen-bond donors (Lipinski definition) is 8. The van der Waals surface area contributed by atoms with Crippen LogP contribution in [0.2, 0.25) is 0 Å². The highest BCUT2D eigenvalue weighted by atomic mass is 16.3. The number of rotatable bonds is 10. The van der Waals surface area contributed by atoms with E-state index in [1.807, 2.05) is 24.3 Å². The van der Waals surface area contributed by atoms with Crippen molar-refractivity contribution in [2.45, 2.75) is 6.42 Å². The van der Waals surface area contributed by atoms with E-state index in [1.165, 1.54) is 0 Å². The van der Waals surface area contributed by atoms with Crippen LogP contribution in [0.25, 0.3) is 0 Å². The zero-order chi connectivity index (χ0) is 20.9. The summed E-state index contributed by atoms with van der Waals surface area (Å²) in [6.45, 7) is 0.403. The largest absolute Gasteiger partial charge is 0.395 e. The van der Waals surface area contributed by atoms with Gasteiger partial charge in [0.25, 0.3) is 0 Å². The second kappa shape index (κ2) is 12.3. The van der Waals surface area contributed by atoms with Crippen LogP contribution in [0.5, 0.6) is 0 Å². The molecule has 0 heterocycles. The first-order chi connectivity index (χ1) is 14.1. The minimum absolute atomic E-state index is 0.0684. The summed E-state index contributed by atoms with van der Waals surface area (Å²) in [5.74, 6) is 0. The Labute approximate surface area is 168 Å². The van der Waals surface area contributed by atoms with Crippen LogP contribution < -0.4 is 32.3 Å². The molecule has 156 valence electrons. The molecule has 0 aliphatic carbocycles. The van der Waals surface area contributed by atoms with E-state index in [2.05, 4.69) is 32.3 Å². The SMILES string of the molecule is O=C(NNCCO)Nc1ccc(Cc2ccc(NC(=O)NNCCO)cc2)cc1. The van der Waals surface area contributed by atoms with Gasteiger partial charge in [0.1, 0.15) is 0 Å². The summed E-state index contributed by atoms with van der Waals surface area (Å²) in [6, 6.07) is 14.1. The zero-order valence-corrected chi connectivity index (χ0v) is 15.9. The molecule has 0 aliphatic rings. The van der Waals surface area contributed by atoms with Crippen molar-refractivity contribution in [2.75, 3.05) is 36.9 Å². The molecule has 0 saturated heterocycles. The highest BCUT2D eigenvalue weighted by Gasteiger charge is 2.03. The third kappa shape index (κ3) is 8.58. The Morgan fingerprint density at radius 1 is 0.655 bits per heavy atom. The maximum Gasteiger partial charge on any atom is 0.333 e. The van der Waals surface area contributed by atoms with Crippen molar-refractivity contribution < 1.29 is 19.8 Å². The quantitative estimate of drug-likeness (QED) is 0.215. The van der Waals surface area contributed by atoms with Gasteiger partial charge in [-0.3, -0.25) is 10.9 Å². The number of anilines is 2. The molecule has 0 radical (unpaired) electrons. The van der Waals surface area contributed by atoms with E-state index in [-0.39, 0.29) is 26.3 Å². The number of benzene rings is 2. The molecule has 0 unspecified atom stereocenters. The van der Waals surface area contributed by atoms with Crippen molar-refractivity contribution in [3.63, 3.8) is 0 Å². The van der Waals surface area contributed by atoms with E-state index < -0.39 is 12.1 Å². The van der Waals surface area contributed by atoms with Crippen LogP contribution in [0, 0.1) is 0 Å². The molecule has 0 fully saturated rings. The molecule has 2 rings (SSSR count). The van der Waals surface area contributed by atoms with E-state index in [4.69, 9.17) is 10.2 Å². The van der Waals surface area contributed by atoms with Gasteiger partial charge in [-0.05, 0) is 41.8 Å². The zero-order valence-electron chi connectivity index (χ0n) is 15.9. The molecular formula is C19H26N6O4. The lowest BCUT2D eigenvalue weighted by Gasteiger charge is -2.10. The first-order valence-electron chi connectivity index (χ1n) is 9.10. The van der Waals surface area contributed by atoms with Gasteiger partial charge in [-0.15, -0.1) is 0 Å². The van der Waals surface area contributed by atoms with Crippen LogP contribution in [-0.2, 0) is 6.42 Å². The molecule has 2 aromatic rings. The molecular weight excluding hydrogens is 376 g/mol. The fourth-order valence-corrected chi connectivity index (χ4v) is 2.37. The molecule has 0 bridgehead atoms. The first-order valence-corrected chi connectivity index (χ1v) is 9.10. The predicted octanol–water partition coefficient (Wildman–Crippen LogP) is 0.514. The minimum Gasteiger partial charge on any atom is -0.395 e. The molecule has 2 aromatic carbocycles. The van der Waals surface area contributed by atoms with E-state index >= 15 is 0 Å². The molecule has 0 aromatic heterocycles. The highest BCUT2D eigenvalue weighted by Crippen LogP contribution is 2.16. The lowest BCUT2D eigenvalue weighted by Crippen LogP contribution is -2.41. The molecule has 0 spiro atoms. The third-order valence-electron chi connectivity index (χ3n) is 3.71. The van der Waals surface area contributed by atoms with E-state index in [0.29, 0.717) is 17.8 Å². The fourth-order valence-electron chi connectivity index (χ4n) is 2.37. The molecule has 0 aliphatic heterocycles. The van der Waals surface area contributed by atoms with Gasteiger partial charge in [0.15, 0.2) is 0 Å². The minimum atomic E-state index is -0.412. The van der Waals surface area contributed by atoms with Crippen molar-refractivity contribution in [3.8, 4) is 0 Å². The highest BCUT2D eigenvalue weighted by molar-refractivity contribution is 5.89. The Morgan fingerprint density at radius 3 is 1.38 bits per heavy atom. The lowest BCUT2D eigenvalue weighted by molar-refractivity contribution is 0.242. The number of hydrazine groups is 2. The number of nitrogens with one attached hydrogen (secondary N) is 6. The monoisotopic (exact) mass is 402 g/mol. The second-order valence-electron chi connectivity index (χ2n) is 6.03. The van der Waals surface area contributed by atoms with Crippen LogP contribution in [0.3, 0.4) is 0 Å². The van der Waals surface area contributed by atoms with Gasteiger partial charge in [-0.2, -0.15) is 0 Å². The van der Waals surface area contributed by atoms with Crippen LogP contribution >= 0.6 is 0 Å². The predicted molar refractivity (Wildman–Crippen MR) is 110 cm³/mol. The smallest absolute Gasteiger partial charge is 0.333 e. The number of carbonyl (C=O) groups excluding carboxylic acids is 2. The number of urea groups is 2. The number of aliphatic hydroxyl groups is 2. The summed E-state index contributed by atoms with van der Waals surface area (Å²) < 4.78 is 0. The van der Waals surface area contributed by atoms with Crippen LogP contribution in [0.1, 0.15) is 11.1 Å². The maximum absolute atomic E-state index is 11.6. The first kappa shape index (κ1) is 22.1. The number of carbonyl (C=O) groups is 2. The van der Waals surface area contributed by atoms with Crippen LogP contribution in [0.15, 0.2) is 48.5 Å². The molecule has 10 nitrogen and oxygen atoms in total. The summed E-state index contributed by atoms with van der Waals surface area (Å²) in [6.07, 6.45) is 0.703. The lowest BCUT2D eigenvalue weighted by atomic mass is 10.0. The average Bonchev–Trinajstić information content (AvgIpc) is 2.71. The topological polar surface area (TPSA) is 147 Å². The van der Waals surface area contributed by atoms with E-state index in [9.17, 15) is 9.59 Å². The molecule has 0 saturated carbocycles. The van der Waals surface area contributed by atoms with E-state index in [1.54, 1.807) is 24.3 Å². The van der Waals surface area contributed by atoms with Gasteiger partial charge in [-0.25, -0.2) is 20.4 Å². The maximum atomic E-state index is 11.6. The van der Waals surface area contributed by atoms with Gasteiger partial charge in [-0.1, -0.05) is 24.3 Å². The van der Waals surface area contributed by atoms with Crippen molar-refractivity contribution in [1.29, 1.82) is 0 Å². The summed E-state index contributed by atoms with van der Waals surface area (Å²) in [7, 11) is 0. The Hall–Kier alpha value is -3.18. The fraction of sp³-hybridized carbons (Fsp3) is 0.263. The van der Waals surface area contributed by atoms with Crippen molar-refractivity contribution in [1.82, 2.24) is 21.7 Å². The third-order valence-corrected chi connectivity index (χ3v) is 3.71. The van der Waals surface area contributed by atoms with Crippen LogP contribution in [0.4, 0.5) is 21.0 Å². The number of aliphatic hydroxyl groups excluding tert-OH is 2. The normalized spacial score (nSPS) is 10.3. The molecule has 29 heavy (non-hydrogen) atoms. The molecule has 4 amide bonds. The van der Waals surface area contributed by atoms with Gasteiger partial charge >= 0.3 is 12.1 Å². The standard InChI is InChI=1S/C19H26N6O4/c26-11-9-20-24-18(28)22-16-5-1-14(2-6-16)13-15-3-7-17(8-4-15)23-19(29)25-21-10-12-27/h1-8,20-21,26-27H,9-13H2,(H2,22,24,28)(H2,23,25,29). The molecule has 0 atom stereocenters. The molecule has 8 N–H and O–H groups in total. The Balaban J connectivity index is 1.80. The Kier molecular flexibility index (Phi) is 9.39. The summed E-state index contributed by atoms with van der Waals surface area (Å²) in [4.78, 5) is 23.3. The van der Waals surface area contributed by atoms with Crippen molar-refractivity contribution in [3.05, 3.63) is 59.7 Å². The summed E-state index contributed by atoms with van der Waals surface area (Å²) in [5, 5.41) is 22.6.